The molecular weight excluding hydrogens is 282 g/mol. The maximum Gasteiger partial charge on any atom is 0.313 e. The van der Waals surface area contributed by atoms with Gasteiger partial charge < -0.3 is 15.3 Å². The summed E-state index contributed by atoms with van der Waals surface area (Å²) in [6.45, 7) is 0.146. The Morgan fingerprint density at radius 2 is 1.91 bits per heavy atom. The van der Waals surface area contributed by atoms with Gasteiger partial charge in [-0.05, 0) is 17.7 Å². The predicted octanol–water partition coefficient (Wildman–Crippen LogP) is 1.04. The van der Waals surface area contributed by atoms with Crippen LogP contribution in [0.25, 0.3) is 0 Å². The first-order valence-corrected chi connectivity index (χ1v) is 6.86. The highest BCUT2D eigenvalue weighted by molar-refractivity contribution is 6.39. The van der Waals surface area contributed by atoms with Gasteiger partial charge in [-0.2, -0.15) is 0 Å². The fraction of sp³-hybridized carbons (Fsp3) is 0.188. The largest absolute Gasteiger partial charge is 0.395 e. The molecule has 22 heavy (non-hydrogen) atoms. The molecule has 2 N–H and O–H groups in total. The zero-order chi connectivity index (χ0) is 15.8. The number of hydrogen-bond donors (Lipinski definition) is 2. The molecule has 0 spiro atoms. The van der Waals surface area contributed by atoms with Crippen molar-refractivity contribution < 1.29 is 14.7 Å². The lowest BCUT2D eigenvalue weighted by atomic mass is 10.2. The molecule has 1 heterocycles. The molecule has 0 aliphatic carbocycles. The molecule has 0 saturated carbocycles. The van der Waals surface area contributed by atoms with Crippen molar-refractivity contribution in [2.45, 2.75) is 6.54 Å². The zero-order valence-electron chi connectivity index (χ0n) is 12.0. The van der Waals surface area contributed by atoms with E-state index in [0.29, 0.717) is 5.69 Å². The Labute approximate surface area is 128 Å². The summed E-state index contributed by atoms with van der Waals surface area (Å²) in [5.74, 6) is -1.45. The number of anilines is 1. The van der Waals surface area contributed by atoms with E-state index in [0.717, 1.165) is 5.56 Å². The van der Waals surface area contributed by atoms with E-state index in [2.05, 4.69) is 10.3 Å². The molecule has 6 heteroatoms. The van der Waals surface area contributed by atoms with Crippen molar-refractivity contribution in [2.24, 2.45) is 0 Å². The van der Waals surface area contributed by atoms with Crippen LogP contribution in [-0.2, 0) is 16.1 Å². The second-order valence-corrected chi connectivity index (χ2v) is 4.63. The highest BCUT2D eigenvalue weighted by atomic mass is 16.3. The number of nitrogens with one attached hydrogen (secondary N) is 1. The average Bonchev–Trinajstić information content (AvgIpc) is 2.55. The molecule has 0 bridgehead atoms. The first kappa shape index (κ1) is 15.7. The van der Waals surface area contributed by atoms with Gasteiger partial charge in [-0.25, -0.2) is 0 Å². The Kier molecular flexibility index (Phi) is 5.62. The summed E-state index contributed by atoms with van der Waals surface area (Å²) in [7, 11) is 0. The molecule has 0 aliphatic rings. The Bertz CT molecular complexity index is 617. The summed E-state index contributed by atoms with van der Waals surface area (Å²) >= 11 is 0. The van der Waals surface area contributed by atoms with Crippen LogP contribution in [0.5, 0.6) is 0 Å². The van der Waals surface area contributed by atoms with E-state index in [4.69, 9.17) is 5.11 Å². The standard InChI is InChI=1S/C16H17N3O3/c20-10-9-19(12-13-5-2-1-3-6-13)16(22)15(21)18-14-7-4-8-17-11-14/h1-8,11,20H,9-10,12H2,(H,18,21). The molecule has 1 aromatic heterocycles. The van der Waals surface area contributed by atoms with Gasteiger partial charge in [0.1, 0.15) is 0 Å². The van der Waals surface area contributed by atoms with Gasteiger partial charge in [-0.1, -0.05) is 30.3 Å². The van der Waals surface area contributed by atoms with Gasteiger partial charge in [0.2, 0.25) is 0 Å². The van der Waals surface area contributed by atoms with Crippen LogP contribution in [0.4, 0.5) is 5.69 Å². The van der Waals surface area contributed by atoms with Crippen molar-refractivity contribution in [3.8, 4) is 0 Å². The van der Waals surface area contributed by atoms with Crippen molar-refractivity contribution in [1.82, 2.24) is 9.88 Å². The van der Waals surface area contributed by atoms with E-state index in [9.17, 15) is 9.59 Å². The van der Waals surface area contributed by atoms with E-state index in [1.807, 2.05) is 30.3 Å². The van der Waals surface area contributed by atoms with Crippen molar-refractivity contribution >= 4 is 17.5 Å². The van der Waals surface area contributed by atoms with Crippen molar-refractivity contribution in [3.05, 3.63) is 60.4 Å². The number of aliphatic hydroxyl groups excluding tert-OH is 1. The second-order valence-electron chi connectivity index (χ2n) is 4.63. The number of amides is 2. The van der Waals surface area contributed by atoms with E-state index in [1.54, 1.807) is 18.3 Å². The molecule has 0 radical (unpaired) electrons. The fourth-order valence-electron chi connectivity index (χ4n) is 1.94. The van der Waals surface area contributed by atoms with Crippen LogP contribution in [0.15, 0.2) is 54.9 Å². The van der Waals surface area contributed by atoms with Crippen LogP contribution in [0.1, 0.15) is 5.56 Å². The molecule has 2 rings (SSSR count). The fourth-order valence-corrected chi connectivity index (χ4v) is 1.94. The van der Waals surface area contributed by atoms with Crippen LogP contribution >= 0.6 is 0 Å². The molecular formula is C16H17N3O3. The molecule has 1 aromatic carbocycles. The summed E-state index contributed by atoms with van der Waals surface area (Å²) in [5.41, 5.74) is 1.34. The molecule has 114 valence electrons. The van der Waals surface area contributed by atoms with Gasteiger partial charge in [0.15, 0.2) is 0 Å². The monoisotopic (exact) mass is 299 g/mol. The molecule has 0 fully saturated rings. The van der Waals surface area contributed by atoms with Crippen LogP contribution in [0.3, 0.4) is 0 Å². The molecule has 6 nitrogen and oxygen atoms in total. The third-order valence-corrected chi connectivity index (χ3v) is 2.99. The topological polar surface area (TPSA) is 82.5 Å². The highest BCUT2D eigenvalue weighted by Gasteiger charge is 2.21. The quantitative estimate of drug-likeness (QED) is 0.808. The van der Waals surface area contributed by atoms with Gasteiger partial charge in [0.05, 0.1) is 18.5 Å². The predicted molar refractivity (Wildman–Crippen MR) is 81.8 cm³/mol. The lowest BCUT2D eigenvalue weighted by molar-refractivity contribution is -0.143. The number of nitrogens with zero attached hydrogens (tertiary/aromatic N) is 2. The number of hydrogen-bond acceptors (Lipinski definition) is 4. The van der Waals surface area contributed by atoms with Gasteiger partial charge in [-0.15, -0.1) is 0 Å². The van der Waals surface area contributed by atoms with E-state index in [-0.39, 0.29) is 19.7 Å². The minimum Gasteiger partial charge on any atom is -0.395 e. The molecule has 0 unspecified atom stereocenters. The lowest BCUT2D eigenvalue weighted by Crippen LogP contribution is -2.40. The summed E-state index contributed by atoms with van der Waals surface area (Å²) in [6, 6.07) is 12.6. The first-order chi connectivity index (χ1) is 10.7. The van der Waals surface area contributed by atoms with Gasteiger partial charge in [0, 0.05) is 19.3 Å². The van der Waals surface area contributed by atoms with Gasteiger partial charge >= 0.3 is 11.8 Å². The third-order valence-electron chi connectivity index (χ3n) is 2.99. The number of carbonyl (C=O) groups excluding carboxylic acids is 2. The summed E-state index contributed by atoms with van der Waals surface area (Å²) in [4.78, 5) is 29.4. The molecule has 2 aromatic rings. The second kappa shape index (κ2) is 7.90. The lowest BCUT2D eigenvalue weighted by Gasteiger charge is -2.21. The molecule has 0 aliphatic heterocycles. The van der Waals surface area contributed by atoms with Crippen molar-refractivity contribution in [1.29, 1.82) is 0 Å². The number of benzene rings is 1. The molecule has 2 amide bonds. The van der Waals surface area contributed by atoms with Crippen LogP contribution in [0, 0.1) is 0 Å². The number of aromatic nitrogens is 1. The van der Waals surface area contributed by atoms with E-state index in [1.165, 1.54) is 11.1 Å². The van der Waals surface area contributed by atoms with Gasteiger partial charge in [0.25, 0.3) is 0 Å². The van der Waals surface area contributed by atoms with E-state index < -0.39 is 11.8 Å². The first-order valence-electron chi connectivity index (χ1n) is 6.86. The zero-order valence-corrected chi connectivity index (χ0v) is 12.0. The summed E-state index contributed by atoms with van der Waals surface area (Å²) in [5, 5.41) is 11.6. The van der Waals surface area contributed by atoms with Crippen LogP contribution < -0.4 is 5.32 Å². The maximum atomic E-state index is 12.2. The number of carbonyl (C=O) groups is 2. The molecule has 0 saturated heterocycles. The highest BCUT2D eigenvalue weighted by Crippen LogP contribution is 2.07. The summed E-state index contributed by atoms with van der Waals surface area (Å²) < 4.78 is 0. The summed E-state index contributed by atoms with van der Waals surface area (Å²) in [6.07, 6.45) is 3.03. The average molecular weight is 299 g/mol. The maximum absolute atomic E-state index is 12.2. The van der Waals surface area contributed by atoms with Crippen LogP contribution in [0.2, 0.25) is 0 Å². The smallest absolute Gasteiger partial charge is 0.313 e. The van der Waals surface area contributed by atoms with Crippen LogP contribution in [-0.4, -0.2) is 40.0 Å². The third kappa shape index (κ3) is 4.39. The Morgan fingerprint density at radius 1 is 1.14 bits per heavy atom. The number of aliphatic hydroxyl groups is 1. The number of rotatable bonds is 5. The van der Waals surface area contributed by atoms with Gasteiger partial charge in [-0.3, -0.25) is 14.6 Å². The molecule has 0 atom stereocenters. The Morgan fingerprint density at radius 3 is 2.55 bits per heavy atom. The van der Waals surface area contributed by atoms with Crippen molar-refractivity contribution in [3.63, 3.8) is 0 Å². The van der Waals surface area contributed by atoms with Crippen molar-refractivity contribution in [2.75, 3.05) is 18.5 Å². The SMILES string of the molecule is O=C(Nc1cccnc1)C(=O)N(CCO)Cc1ccccc1. The van der Waals surface area contributed by atoms with E-state index >= 15 is 0 Å². The minimum atomic E-state index is -0.752. The Balaban J connectivity index is 2.04. The Hall–Kier alpha value is -2.73. The minimum absolute atomic E-state index is 0.0915. The normalized spacial score (nSPS) is 10.0. The number of pyridine rings is 1.